The standard InChI is InChI=1S/C20H22F4N2O4/c21-19(22)29-15-6-4-13(16(12-15)30-20(23)24)5-7-17(27)25-8-10-26(11-9-25)18(28)14-2-1-3-14/h4-7,12,14,19-20H,1-3,8-11H2/b7-5+. The number of hydrogen-bond donors (Lipinski definition) is 0. The SMILES string of the molecule is O=C(/C=C/c1ccc(OC(F)F)cc1OC(F)F)N1CCN(C(=O)C2CCC2)CC1. The fraction of sp³-hybridized carbons (Fsp3) is 0.500. The maximum absolute atomic E-state index is 12.6. The van der Waals surface area contributed by atoms with Gasteiger partial charge >= 0.3 is 13.2 Å². The lowest BCUT2D eigenvalue weighted by molar-refractivity contribution is -0.142. The second kappa shape index (κ2) is 9.82. The summed E-state index contributed by atoms with van der Waals surface area (Å²) < 4.78 is 58.4. The molecule has 0 radical (unpaired) electrons. The quantitative estimate of drug-likeness (QED) is 0.492. The summed E-state index contributed by atoms with van der Waals surface area (Å²) in [5.74, 6) is -0.817. The van der Waals surface area contributed by atoms with Crippen molar-refractivity contribution in [3.8, 4) is 11.5 Å². The van der Waals surface area contributed by atoms with Gasteiger partial charge in [0.25, 0.3) is 0 Å². The first-order valence-corrected chi connectivity index (χ1v) is 9.63. The van der Waals surface area contributed by atoms with Crippen LogP contribution in [-0.4, -0.2) is 61.0 Å². The zero-order valence-electron chi connectivity index (χ0n) is 16.1. The highest BCUT2D eigenvalue weighted by Gasteiger charge is 2.31. The highest BCUT2D eigenvalue weighted by Crippen LogP contribution is 2.29. The monoisotopic (exact) mass is 430 g/mol. The average Bonchev–Trinajstić information content (AvgIpc) is 2.65. The van der Waals surface area contributed by atoms with Crippen LogP contribution < -0.4 is 9.47 Å². The lowest BCUT2D eigenvalue weighted by Crippen LogP contribution is -2.52. The Balaban J connectivity index is 1.60. The van der Waals surface area contributed by atoms with Crippen molar-refractivity contribution in [1.29, 1.82) is 0 Å². The molecule has 0 unspecified atom stereocenters. The van der Waals surface area contributed by atoms with Crippen LogP contribution in [0.15, 0.2) is 24.3 Å². The Hall–Kier alpha value is -2.78. The molecule has 1 aromatic rings. The maximum atomic E-state index is 12.6. The number of carbonyl (C=O) groups is 2. The Morgan fingerprint density at radius 2 is 1.60 bits per heavy atom. The van der Waals surface area contributed by atoms with Crippen molar-refractivity contribution in [2.75, 3.05) is 26.2 Å². The van der Waals surface area contributed by atoms with Crippen molar-refractivity contribution >= 4 is 17.9 Å². The molecular weight excluding hydrogens is 408 g/mol. The molecule has 1 heterocycles. The number of amides is 2. The van der Waals surface area contributed by atoms with Gasteiger partial charge in [0, 0.05) is 49.8 Å². The van der Waals surface area contributed by atoms with Gasteiger partial charge in [0.15, 0.2) is 0 Å². The molecule has 10 heteroatoms. The van der Waals surface area contributed by atoms with E-state index in [-0.39, 0.29) is 34.8 Å². The van der Waals surface area contributed by atoms with E-state index in [1.54, 1.807) is 9.80 Å². The molecule has 1 aromatic carbocycles. The fourth-order valence-corrected chi connectivity index (χ4v) is 3.35. The van der Waals surface area contributed by atoms with Gasteiger partial charge in [0.1, 0.15) is 11.5 Å². The molecule has 1 aliphatic carbocycles. The van der Waals surface area contributed by atoms with E-state index in [1.807, 2.05) is 0 Å². The summed E-state index contributed by atoms with van der Waals surface area (Å²) in [5, 5.41) is 0. The predicted molar refractivity (Wildman–Crippen MR) is 99.2 cm³/mol. The van der Waals surface area contributed by atoms with Gasteiger partial charge in [0.2, 0.25) is 11.8 Å². The molecule has 1 aliphatic heterocycles. The van der Waals surface area contributed by atoms with Gasteiger partial charge < -0.3 is 19.3 Å². The molecule has 30 heavy (non-hydrogen) atoms. The number of carbonyl (C=O) groups excluding carboxylic acids is 2. The molecule has 2 aliphatic rings. The summed E-state index contributed by atoms with van der Waals surface area (Å²) in [6.07, 6.45) is 5.39. The highest BCUT2D eigenvalue weighted by molar-refractivity contribution is 5.92. The number of alkyl halides is 4. The predicted octanol–water partition coefficient (Wildman–Crippen LogP) is 3.37. The average molecular weight is 430 g/mol. The van der Waals surface area contributed by atoms with Gasteiger partial charge in [-0.3, -0.25) is 9.59 Å². The Bertz CT molecular complexity index is 791. The number of halogens is 4. The van der Waals surface area contributed by atoms with Crippen LogP contribution in [0.4, 0.5) is 17.6 Å². The normalized spacial score (nSPS) is 17.5. The van der Waals surface area contributed by atoms with Crippen LogP contribution in [-0.2, 0) is 9.59 Å². The van der Waals surface area contributed by atoms with Crippen molar-refractivity contribution in [1.82, 2.24) is 9.80 Å². The number of hydrogen-bond acceptors (Lipinski definition) is 4. The first-order valence-electron chi connectivity index (χ1n) is 9.63. The Morgan fingerprint density at radius 1 is 0.967 bits per heavy atom. The Kier molecular flexibility index (Phi) is 7.17. The number of piperazine rings is 1. The number of rotatable bonds is 7. The minimum absolute atomic E-state index is 0.109. The molecule has 6 nitrogen and oxygen atoms in total. The second-order valence-corrected chi connectivity index (χ2v) is 7.07. The second-order valence-electron chi connectivity index (χ2n) is 7.07. The van der Waals surface area contributed by atoms with E-state index in [1.165, 1.54) is 24.3 Å². The molecular formula is C20H22F4N2O4. The van der Waals surface area contributed by atoms with Crippen molar-refractivity contribution in [2.24, 2.45) is 5.92 Å². The molecule has 0 bridgehead atoms. The topological polar surface area (TPSA) is 59.1 Å². The lowest BCUT2D eigenvalue weighted by atomic mass is 9.84. The smallest absolute Gasteiger partial charge is 0.387 e. The van der Waals surface area contributed by atoms with Gasteiger partial charge in [0.05, 0.1) is 0 Å². The van der Waals surface area contributed by atoms with Crippen LogP contribution in [0.25, 0.3) is 6.08 Å². The van der Waals surface area contributed by atoms with E-state index in [4.69, 9.17) is 0 Å². The molecule has 0 atom stereocenters. The van der Waals surface area contributed by atoms with Crippen molar-refractivity contribution in [3.05, 3.63) is 29.8 Å². The molecule has 0 spiro atoms. The first kappa shape index (κ1) is 21.9. The number of benzene rings is 1. The van der Waals surface area contributed by atoms with E-state index >= 15 is 0 Å². The molecule has 1 saturated carbocycles. The van der Waals surface area contributed by atoms with E-state index in [2.05, 4.69) is 9.47 Å². The summed E-state index contributed by atoms with van der Waals surface area (Å²) in [6, 6.07) is 3.32. The molecule has 1 saturated heterocycles. The Morgan fingerprint density at radius 3 is 2.17 bits per heavy atom. The van der Waals surface area contributed by atoms with E-state index in [0.29, 0.717) is 26.2 Å². The van der Waals surface area contributed by atoms with Gasteiger partial charge in [-0.25, -0.2) is 0 Å². The summed E-state index contributed by atoms with van der Waals surface area (Å²) in [4.78, 5) is 28.0. The minimum Gasteiger partial charge on any atom is -0.435 e. The fourth-order valence-electron chi connectivity index (χ4n) is 3.35. The Labute approximate surface area is 171 Å². The van der Waals surface area contributed by atoms with Crippen LogP contribution in [0.2, 0.25) is 0 Å². The molecule has 2 amide bonds. The summed E-state index contributed by atoms with van der Waals surface area (Å²) in [6.45, 7) is -4.62. The van der Waals surface area contributed by atoms with Crippen molar-refractivity contribution < 1.29 is 36.6 Å². The summed E-state index contributed by atoms with van der Waals surface area (Å²) >= 11 is 0. The van der Waals surface area contributed by atoms with Crippen LogP contribution in [0, 0.1) is 5.92 Å². The van der Waals surface area contributed by atoms with Gasteiger partial charge in [-0.15, -0.1) is 0 Å². The maximum Gasteiger partial charge on any atom is 0.387 e. The molecule has 3 rings (SSSR count). The number of ether oxygens (including phenoxy) is 2. The van der Waals surface area contributed by atoms with Crippen LogP contribution in [0.1, 0.15) is 24.8 Å². The first-order chi connectivity index (χ1) is 14.3. The minimum atomic E-state index is -3.17. The zero-order chi connectivity index (χ0) is 21.7. The van der Waals surface area contributed by atoms with Gasteiger partial charge in [-0.2, -0.15) is 17.6 Å². The molecule has 2 fully saturated rings. The third-order valence-corrected chi connectivity index (χ3v) is 5.19. The largest absolute Gasteiger partial charge is 0.435 e. The van der Waals surface area contributed by atoms with Crippen molar-refractivity contribution in [3.63, 3.8) is 0 Å². The van der Waals surface area contributed by atoms with Crippen LogP contribution >= 0.6 is 0 Å². The van der Waals surface area contributed by atoms with Crippen LogP contribution in [0.3, 0.4) is 0 Å². The third kappa shape index (κ3) is 5.64. The molecule has 0 aromatic heterocycles. The lowest BCUT2D eigenvalue weighted by Gasteiger charge is -2.37. The van der Waals surface area contributed by atoms with E-state index in [0.717, 1.165) is 25.3 Å². The van der Waals surface area contributed by atoms with E-state index in [9.17, 15) is 27.2 Å². The summed E-state index contributed by atoms with van der Waals surface area (Å²) in [7, 11) is 0. The molecule has 164 valence electrons. The number of nitrogens with zero attached hydrogens (tertiary/aromatic N) is 2. The van der Waals surface area contributed by atoms with E-state index < -0.39 is 13.2 Å². The highest BCUT2D eigenvalue weighted by atomic mass is 19.3. The van der Waals surface area contributed by atoms with Gasteiger partial charge in [-0.05, 0) is 31.1 Å². The zero-order valence-corrected chi connectivity index (χ0v) is 16.1. The van der Waals surface area contributed by atoms with Gasteiger partial charge in [-0.1, -0.05) is 6.42 Å². The third-order valence-electron chi connectivity index (χ3n) is 5.19. The summed E-state index contributed by atoms with van der Waals surface area (Å²) in [5.41, 5.74) is 0.115. The van der Waals surface area contributed by atoms with Crippen LogP contribution in [0.5, 0.6) is 11.5 Å². The van der Waals surface area contributed by atoms with Crippen molar-refractivity contribution in [2.45, 2.75) is 32.5 Å². The molecule has 0 N–H and O–H groups in total.